The molecule has 0 saturated heterocycles. The SMILES string of the molecule is O=C(O)Cc1c(C=CC(=O)O[C@H](Cc2ccc(O)c(O)c2)C(=O)O)ccc(O)c1O. The summed E-state index contributed by atoms with van der Waals surface area (Å²) in [6.07, 6.45) is -0.547. The lowest BCUT2D eigenvalue weighted by atomic mass is 10.0. The van der Waals surface area contributed by atoms with E-state index in [1.165, 1.54) is 12.1 Å². The first-order chi connectivity index (χ1) is 14.1. The molecule has 0 spiro atoms. The van der Waals surface area contributed by atoms with Gasteiger partial charge in [0.1, 0.15) is 0 Å². The van der Waals surface area contributed by atoms with Crippen LogP contribution in [-0.2, 0) is 32.0 Å². The lowest BCUT2D eigenvalue weighted by Crippen LogP contribution is -2.28. The van der Waals surface area contributed by atoms with Gasteiger partial charge in [0, 0.05) is 18.1 Å². The number of carbonyl (C=O) groups is 3. The first-order valence-corrected chi connectivity index (χ1v) is 8.46. The summed E-state index contributed by atoms with van der Waals surface area (Å²) in [6.45, 7) is 0. The molecular weight excluding hydrogens is 400 g/mol. The van der Waals surface area contributed by atoms with Crippen LogP contribution in [0.25, 0.3) is 6.08 Å². The minimum Gasteiger partial charge on any atom is -0.504 e. The number of benzene rings is 2. The van der Waals surface area contributed by atoms with E-state index in [2.05, 4.69) is 0 Å². The first kappa shape index (κ1) is 22.1. The highest BCUT2D eigenvalue weighted by Crippen LogP contribution is 2.32. The predicted molar refractivity (Wildman–Crippen MR) is 101 cm³/mol. The minimum atomic E-state index is -1.60. The Morgan fingerprint density at radius 1 is 0.933 bits per heavy atom. The monoisotopic (exact) mass is 418 g/mol. The lowest BCUT2D eigenvalue weighted by Gasteiger charge is -2.13. The second-order valence-corrected chi connectivity index (χ2v) is 6.20. The molecule has 10 heteroatoms. The van der Waals surface area contributed by atoms with Crippen molar-refractivity contribution in [3.8, 4) is 23.0 Å². The van der Waals surface area contributed by atoms with Gasteiger partial charge in [-0.15, -0.1) is 0 Å². The maximum Gasteiger partial charge on any atom is 0.345 e. The van der Waals surface area contributed by atoms with Crippen LogP contribution in [0.5, 0.6) is 23.0 Å². The molecule has 0 heterocycles. The Kier molecular flexibility index (Phi) is 6.86. The first-order valence-electron chi connectivity index (χ1n) is 8.46. The van der Waals surface area contributed by atoms with E-state index in [1.807, 2.05) is 0 Å². The third-order valence-electron chi connectivity index (χ3n) is 4.02. The molecular formula is C20H18O10. The normalized spacial score (nSPS) is 11.9. The van der Waals surface area contributed by atoms with Crippen molar-refractivity contribution >= 4 is 24.0 Å². The Labute approximate surface area is 169 Å². The Hall–Kier alpha value is -4.21. The van der Waals surface area contributed by atoms with Crippen LogP contribution < -0.4 is 0 Å². The van der Waals surface area contributed by atoms with Gasteiger partial charge in [-0.1, -0.05) is 12.1 Å². The van der Waals surface area contributed by atoms with Gasteiger partial charge >= 0.3 is 17.9 Å². The third-order valence-corrected chi connectivity index (χ3v) is 4.02. The average molecular weight is 418 g/mol. The van der Waals surface area contributed by atoms with Crippen molar-refractivity contribution in [3.05, 3.63) is 53.1 Å². The number of esters is 1. The molecule has 2 aromatic carbocycles. The number of hydrogen-bond donors (Lipinski definition) is 6. The number of rotatable bonds is 8. The van der Waals surface area contributed by atoms with Gasteiger partial charge in [-0.25, -0.2) is 9.59 Å². The van der Waals surface area contributed by atoms with Crippen LogP contribution in [-0.4, -0.2) is 54.7 Å². The molecule has 0 aliphatic heterocycles. The Morgan fingerprint density at radius 3 is 2.20 bits per heavy atom. The van der Waals surface area contributed by atoms with E-state index in [0.717, 1.165) is 30.4 Å². The number of hydrogen-bond acceptors (Lipinski definition) is 8. The van der Waals surface area contributed by atoms with Crippen LogP contribution in [0.2, 0.25) is 0 Å². The van der Waals surface area contributed by atoms with Gasteiger partial charge in [-0.05, 0) is 35.4 Å². The molecule has 0 aliphatic rings. The zero-order chi connectivity index (χ0) is 22.4. The van der Waals surface area contributed by atoms with E-state index in [0.29, 0.717) is 5.56 Å². The quantitative estimate of drug-likeness (QED) is 0.208. The van der Waals surface area contributed by atoms with Crippen LogP contribution in [0, 0.1) is 0 Å². The van der Waals surface area contributed by atoms with Crippen molar-refractivity contribution in [1.29, 1.82) is 0 Å². The number of phenolic OH excluding ortho intramolecular Hbond substituents is 4. The van der Waals surface area contributed by atoms with Crippen molar-refractivity contribution in [2.75, 3.05) is 0 Å². The van der Waals surface area contributed by atoms with Gasteiger partial charge in [0.05, 0.1) is 6.42 Å². The summed E-state index contributed by atoms with van der Waals surface area (Å²) in [5, 5.41) is 56.3. The number of ether oxygens (including phenoxy) is 1. The summed E-state index contributed by atoms with van der Waals surface area (Å²) >= 11 is 0. The van der Waals surface area contributed by atoms with E-state index in [4.69, 9.17) is 9.84 Å². The number of carboxylic acids is 2. The van der Waals surface area contributed by atoms with Crippen LogP contribution in [0.15, 0.2) is 36.4 Å². The van der Waals surface area contributed by atoms with Crippen LogP contribution in [0.4, 0.5) is 0 Å². The molecule has 158 valence electrons. The smallest absolute Gasteiger partial charge is 0.345 e. The fourth-order valence-electron chi connectivity index (χ4n) is 2.56. The number of aromatic hydroxyl groups is 4. The average Bonchev–Trinajstić information content (AvgIpc) is 2.66. The summed E-state index contributed by atoms with van der Waals surface area (Å²) in [6, 6.07) is 6.01. The molecule has 10 nitrogen and oxygen atoms in total. The van der Waals surface area contributed by atoms with Crippen molar-refractivity contribution in [2.45, 2.75) is 18.9 Å². The summed E-state index contributed by atoms with van der Waals surface area (Å²) in [5.41, 5.74) is 0.266. The Bertz CT molecular complexity index is 1010. The Morgan fingerprint density at radius 2 is 1.60 bits per heavy atom. The van der Waals surface area contributed by atoms with Gasteiger partial charge in [0.15, 0.2) is 23.0 Å². The molecule has 2 aromatic rings. The number of carbonyl (C=O) groups excluding carboxylic acids is 1. The van der Waals surface area contributed by atoms with E-state index in [-0.39, 0.29) is 23.3 Å². The van der Waals surface area contributed by atoms with Crippen LogP contribution in [0.1, 0.15) is 16.7 Å². The highest BCUT2D eigenvalue weighted by atomic mass is 16.6. The summed E-state index contributed by atoms with van der Waals surface area (Å²) in [5.74, 6) is -5.81. The fourth-order valence-corrected chi connectivity index (χ4v) is 2.56. The molecule has 0 bridgehead atoms. The van der Waals surface area contributed by atoms with Crippen molar-refractivity contribution in [3.63, 3.8) is 0 Å². The summed E-state index contributed by atoms with van der Waals surface area (Å²) < 4.78 is 4.89. The van der Waals surface area contributed by atoms with Crippen LogP contribution in [0.3, 0.4) is 0 Å². The zero-order valence-corrected chi connectivity index (χ0v) is 15.3. The van der Waals surface area contributed by atoms with E-state index in [9.17, 15) is 39.9 Å². The van der Waals surface area contributed by atoms with E-state index >= 15 is 0 Å². The van der Waals surface area contributed by atoms with Gasteiger partial charge < -0.3 is 35.4 Å². The van der Waals surface area contributed by atoms with Gasteiger partial charge in [-0.3, -0.25) is 4.79 Å². The van der Waals surface area contributed by atoms with Crippen molar-refractivity contribution in [1.82, 2.24) is 0 Å². The largest absolute Gasteiger partial charge is 0.504 e. The maximum absolute atomic E-state index is 12.0. The second-order valence-electron chi connectivity index (χ2n) is 6.20. The molecule has 30 heavy (non-hydrogen) atoms. The van der Waals surface area contributed by atoms with Gasteiger partial charge in [0.2, 0.25) is 6.10 Å². The summed E-state index contributed by atoms with van der Waals surface area (Å²) in [7, 11) is 0. The Balaban J connectivity index is 2.17. The lowest BCUT2D eigenvalue weighted by molar-refractivity contribution is -0.160. The van der Waals surface area contributed by atoms with Gasteiger partial charge in [-0.2, -0.15) is 0 Å². The van der Waals surface area contributed by atoms with E-state index in [1.54, 1.807) is 0 Å². The molecule has 0 saturated carbocycles. The molecule has 0 aliphatic carbocycles. The topological polar surface area (TPSA) is 182 Å². The third kappa shape index (κ3) is 5.64. The standard InChI is InChI=1S/C20H18O10/c21-13-4-1-10(7-15(13)23)8-16(20(28)29)30-18(26)6-3-11-2-5-14(22)19(27)12(11)9-17(24)25/h1-7,16,21-23,27H,8-9H2,(H,24,25)(H,28,29)/t16-/m1/s1. The molecule has 1 atom stereocenters. The second kappa shape index (κ2) is 9.32. The molecule has 0 fully saturated rings. The molecule has 0 amide bonds. The molecule has 0 radical (unpaired) electrons. The summed E-state index contributed by atoms with van der Waals surface area (Å²) in [4.78, 5) is 34.4. The molecule has 0 unspecified atom stereocenters. The fraction of sp³-hybridized carbons (Fsp3) is 0.150. The number of aliphatic carboxylic acids is 2. The predicted octanol–water partition coefficient (Wildman–Crippen LogP) is 1.39. The zero-order valence-electron chi connectivity index (χ0n) is 15.3. The molecule has 6 N–H and O–H groups in total. The van der Waals surface area contributed by atoms with Crippen molar-refractivity contribution < 1.29 is 49.8 Å². The van der Waals surface area contributed by atoms with Crippen molar-refractivity contribution in [2.24, 2.45) is 0 Å². The number of carboxylic acid groups (broad SMARTS) is 2. The van der Waals surface area contributed by atoms with Gasteiger partial charge in [0.25, 0.3) is 0 Å². The van der Waals surface area contributed by atoms with Crippen LogP contribution >= 0.6 is 0 Å². The molecule has 0 aromatic heterocycles. The highest BCUT2D eigenvalue weighted by Gasteiger charge is 2.22. The highest BCUT2D eigenvalue weighted by molar-refractivity contribution is 5.90. The minimum absolute atomic E-state index is 0.111. The maximum atomic E-state index is 12.0. The number of phenols is 4. The van der Waals surface area contributed by atoms with E-state index < -0.39 is 47.7 Å². The molecule has 2 rings (SSSR count).